The van der Waals surface area contributed by atoms with Crippen LogP contribution in [0.3, 0.4) is 0 Å². The van der Waals surface area contributed by atoms with E-state index in [-0.39, 0.29) is 36.0 Å². The second-order valence-corrected chi connectivity index (χ2v) is 19.9. The SMILES string of the molecule is COc1ccc([Si](C)(C)[C@H]2[C@H](CCn3cc(CCO)nn3)O[C@@]3(C(=O)N(Cc4ccccc4)c4ccc(N5CCCCCCC5=O)cc43)[C@@H]2C)cc1. The van der Waals surface area contributed by atoms with Crippen LogP contribution in [0.15, 0.2) is 79.0 Å². The summed E-state index contributed by atoms with van der Waals surface area (Å²) in [6, 6.07) is 24.7. The molecule has 4 heterocycles. The van der Waals surface area contributed by atoms with Gasteiger partial charge in [-0.15, -0.1) is 5.10 Å². The highest BCUT2D eigenvalue weighted by Crippen LogP contribution is 2.60. The molecular weight excluding hydrogens is 671 g/mol. The third-order valence-corrected chi connectivity index (χ3v) is 16.1. The van der Waals surface area contributed by atoms with Crippen molar-refractivity contribution in [3.63, 3.8) is 0 Å². The fraction of sp³-hybridized carbons (Fsp3) is 0.463. The minimum Gasteiger partial charge on any atom is -0.497 e. The summed E-state index contributed by atoms with van der Waals surface area (Å²) >= 11 is 0. The normalized spacial score (nSPS) is 23.6. The molecule has 3 aromatic carbocycles. The third kappa shape index (κ3) is 6.58. The number of ether oxygens (including phenoxy) is 2. The first-order chi connectivity index (χ1) is 25.2. The number of hydrogen-bond donors (Lipinski definition) is 1. The van der Waals surface area contributed by atoms with E-state index in [1.807, 2.05) is 63.1 Å². The van der Waals surface area contributed by atoms with Crippen LogP contribution in [-0.4, -0.2) is 66.4 Å². The zero-order valence-corrected chi connectivity index (χ0v) is 31.8. The molecule has 1 aromatic heterocycles. The Balaban J connectivity index is 1.33. The van der Waals surface area contributed by atoms with E-state index in [0.717, 1.165) is 59.6 Å². The Morgan fingerprint density at radius 3 is 2.52 bits per heavy atom. The van der Waals surface area contributed by atoms with Gasteiger partial charge in [0, 0.05) is 55.9 Å². The molecule has 274 valence electrons. The summed E-state index contributed by atoms with van der Waals surface area (Å²) in [7, 11) is -0.677. The molecule has 0 radical (unpaired) electrons. The number of methoxy groups -OCH3 is 1. The molecule has 2 saturated heterocycles. The summed E-state index contributed by atoms with van der Waals surface area (Å²) in [6.45, 7) is 8.65. The zero-order chi connectivity index (χ0) is 36.5. The van der Waals surface area contributed by atoms with Gasteiger partial charge in [0.2, 0.25) is 5.91 Å². The van der Waals surface area contributed by atoms with Gasteiger partial charge >= 0.3 is 0 Å². The summed E-state index contributed by atoms with van der Waals surface area (Å²) in [5.74, 6) is 0.724. The average Bonchev–Trinajstić information content (AvgIpc) is 3.79. The second kappa shape index (κ2) is 15.0. The smallest absolute Gasteiger partial charge is 0.264 e. The number of aryl methyl sites for hydroxylation is 1. The molecule has 0 saturated carbocycles. The third-order valence-electron chi connectivity index (χ3n) is 11.7. The molecule has 3 aliphatic heterocycles. The van der Waals surface area contributed by atoms with Gasteiger partial charge in [-0.1, -0.05) is 85.7 Å². The van der Waals surface area contributed by atoms with Gasteiger partial charge in [-0.25, -0.2) is 0 Å². The molecule has 4 atom stereocenters. The van der Waals surface area contributed by atoms with Gasteiger partial charge in [0.15, 0.2) is 5.60 Å². The highest BCUT2D eigenvalue weighted by molar-refractivity contribution is 6.91. The molecule has 2 amide bonds. The van der Waals surface area contributed by atoms with E-state index in [2.05, 4.69) is 60.7 Å². The lowest BCUT2D eigenvalue weighted by Crippen LogP contribution is -2.51. The number of nitrogens with zero attached hydrogens (tertiary/aromatic N) is 5. The van der Waals surface area contributed by atoms with Gasteiger partial charge in [0.25, 0.3) is 5.91 Å². The number of aliphatic hydroxyl groups is 1. The predicted octanol–water partition coefficient (Wildman–Crippen LogP) is 5.97. The van der Waals surface area contributed by atoms with Crippen LogP contribution in [0.2, 0.25) is 18.6 Å². The minimum atomic E-state index is -2.36. The molecular formula is C41H51N5O5Si. The first-order valence-electron chi connectivity index (χ1n) is 18.8. The van der Waals surface area contributed by atoms with Gasteiger partial charge < -0.3 is 24.4 Å². The van der Waals surface area contributed by atoms with Gasteiger partial charge in [-0.3, -0.25) is 14.3 Å². The molecule has 4 aromatic rings. The Kier molecular flexibility index (Phi) is 10.4. The molecule has 7 rings (SSSR count). The van der Waals surface area contributed by atoms with Crippen molar-refractivity contribution in [2.24, 2.45) is 5.92 Å². The monoisotopic (exact) mass is 721 g/mol. The van der Waals surface area contributed by atoms with E-state index in [4.69, 9.17) is 9.47 Å². The molecule has 52 heavy (non-hydrogen) atoms. The van der Waals surface area contributed by atoms with Crippen molar-refractivity contribution in [2.45, 2.75) is 95.3 Å². The highest BCUT2D eigenvalue weighted by Gasteiger charge is 2.66. The summed E-state index contributed by atoms with van der Waals surface area (Å²) < 4.78 is 14.7. The number of anilines is 2. The second-order valence-electron chi connectivity index (χ2n) is 15.2. The lowest BCUT2D eigenvalue weighted by atomic mass is 9.82. The quantitative estimate of drug-likeness (QED) is 0.190. The fourth-order valence-corrected chi connectivity index (χ4v) is 13.1. The molecule has 10 nitrogen and oxygen atoms in total. The maximum atomic E-state index is 15.3. The molecule has 0 unspecified atom stereocenters. The van der Waals surface area contributed by atoms with Crippen LogP contribution in [0.4, 0.5) is 11.4 Å². The number of rotatable bonds is 11. The van der Waals surface area contributed by atoms with E-state index in [1.165, 1.54) is 5.19 Å². The Bertz CT molecular complexity index is 1880. The van der Waals surface area contributed by atoms with E-state index < -0.39 is 13.7 Å². The molecule has 1 N–H and O–H groups in total. The number of aromatic nitrogens is 3. The Hall–Kier alpha value is -4.32. The summed E-state index contributed by atoms with van der Waals surface area (Å²) in [4.78, 5) is 32.6. The molecule has 3 aliphatic rings. The first-order valence-corrected chi connectivity index (χ1v) is 21.9. The van der Waals surface area contributed by atoms with Crippen LogP contribution in [0, 0.1) is 5.92 Å². The maximum Gasteiger partial charge on any atom is 0.264 e. The number of benzene rings is 3. The van der Waals surface area contributed by atoms with Gasteiger partial charge in [0.05, 0.1) is 39.2 Å². The topological polar surface area (TPSA) is 110 Å². The van der Waals surface area contributed by atoms with E-state index in [0.29, 0.717) is 38.9 Å². The summed E-state index contributed by atoms with van der Waals surface area (Å²) in [5.41, 5.74) is 3.14. The lowest BCUT2D eigenvalue weighted by molar-refractivity contribution is -0.146. The number of fused-ring (bicyclic) bond motifs is 2. The lowest BCUT2D eigenvalue weighted by Gasteiger charge is -2.37. The predicted molar refractivity (Wildman–Crippen MR) is 205 cm³/mol. The van der Waals surface area contributed by atoms with Crippen molar-refractivity contribution < 1.29 is 24.2 Å². The molecule has 0 bridgehead atoms. The van der Waals surface area contributed by atoms with Crippen LogP contribution in [0.1, 0.15) is 62.3 Å². The number of carbonyl (C=O) groups is 2. The van der Waals surface area contributed by atoms with E-state index in [9.17, 15) is 9.90 Å². The van der Waals surface area contributed by atoms with Gasteiger partial charge in [-0.05, 0) is 60.7 Å². The largest absolute Gasteiger partial charge is 0.497 e. The van der Waals surface area contributed by atoms with E-state index >= 15 is 4.79 Å². The molecule has 2 fully saturated rings. The van der Waals surface area contributed by atoms with Crippen LogP contribution in [-0.2, 0) is 39.4 Å². The van der Waals surface area contributed by atoms with Gasteiger partial charge in [-0.2, -0.15) is 0 Å². The van der Waals surface area contributed by atoms with Crippen LogP contribution in [0.25, 0.3) is 0 Å². The fourth-order valence-electron chi connectivity index (χ4n) is 9.03. The first kappa shape index (κ1) is 36.1. The molecule has 1 spiro atoms. The van der Waals surface area contributed by atoms with Crippen molar-refractivity contribution >= 4 is 36.4 Å². The van der Waals surface area contributed by atoms with Crippen molar-refractivity contribution in [2.75, 3.05) is 30.1 Å². The van der Waals surface area contributed by atoms with Crippen molar-refractivity contribution in [1.82, 2.24) is 15.0 Å². The number of amides is 2. The van der Waals surface area contributed by atoms with Crippen LogP contribution >= 0.6 is 0 Å². The Morgan fingerprint density at radius 1 is 1.00 bits per heavy atom. The minimum absolute atomic E-state index is 0.0141. The van der Waals surface area contributed by atoms with Crippen molar-refractivity contribution in [3.05, 3.63) is 95.8 Å². The number of aliphatic hydroxyl groups excluding tert-OH is 1. The van der Waals surface area contributed by atoms with Crippen LogP contribution in [0.5, 0.6) is 5.75 Å². The maximum absolute atomic E-state index is 15.3. The van der Waals surface area contributed by atoms with Crippen molar-refractivity contribution in [1.29, 1.82) is 0 Å². The highest BCUT2D eigenvalue weighted by atomic mass is 28.3. The van der Waals surface area contributed by atoms with Crippen molar-refractivity contribution in [3.8, 4) is 5.75 Å². The Labute approximate surface area is 307 Å². The van der Waals surface area contributed by atoms with E-state index in [1.54, 1.807) is 7.11 Å². The Morgan fingerprint density at radius 2 is 1.77 bits per heavy atom. The number of hydrogen-bond acceptors (Lipinski definition) is 7. The number of carbonyl (C=O) groups excluding carboxylic acids is 2. The van der Waals surface area contributed by atoms with Crippen LogP contribution < -0.4 is 19.7 Å². The van der Waals surface area contributed by atoms with Gasteiger partial charge in [0.1, 0.15) is 5.75 Å². The molecule has 11 heteroatoms. The zero-order valence-electron chi connectivity index (χ0n) is 30.8. The summed E-state index contributed by atoms with van der Waals surface area (Å²) in [5, 5.41) is 19.3. The average molecular weight is 722 g/mol. The molecule has 0 aliphatic carbocycles. The summed E-state index contributed by atoms with van der Waals surface area (Å²) in [6.07, 6.45) is 7.27. The standard InChI is InChI=1S/C41H51N5O5Si/c1-29-39(52(3,4)34-18-16-33(50-2)17-19-34)37(21-24-44-28-31(22-25-47)42-43-44)51-41(29)35-26-32(45-23-11-6-5-10-14-38(45)48)15-20-36(35)46(40(41)49)27-30-12-8-7-9-13-30/h7-9,12-13,15-20,26,28-29,37,39,47H,5-6,10-11,14,21-25,27H2,1-4H3/t29-,37+,39-,41+/m1/s1.